The first kappa shape index (κ1) is 14.4. The van der Waals surface area contributed by atoms with Gasteiger partial charge < -0.3 is 4.74 Å². The third-order valence-electron chi connectivity index (χ3n) is 4.10. The topological polar surface area (TPSA) is 12.5 Å². The van der Waals surface area contributed by atoms with Crippen molar-refractivity contribution in [2.75, 3.05) is 20.2 Å². The van der Waals surface area contributed by atoms with Crippen LogP contribution in [-0.2, 0) is 13.0 Å². The van der Waals surface area contributed by atoms with Gasteiger partial charge in [0.2, 0.25) is 0 Å². The molecule has 2 nitrogen and oxygen atoms in total. The number of ether oxygens (including phenoxy) is 1. The van der Waals surface area contributed by atoms with Gasteiger partial charge in [-0.3, -0.25) is 4.90 Å². The van der Waals surface area contributed by atoms with E-state index in [4.69, 9.17) is 16.3 Å². The summed E-state index contributed by atoms with van der Waals surface area (Å²) in [6, 6.07) is 16.7. The second-order valence-corrected chi connectivity index (χ2v) is 5.99. The van der Waals surface area contributed by atoms with E-state index in [9.17, 15) is 0 Å². The average Bonchev–Trinajstić information content (AvgIpc) is 2.54. The van der Waals surface area contributed by atoms with Crippen molar-refractivity contribution in [3.05, 3.63) is 65.2 Å². The van der Waals surface area contributed by atoms with Gasteiger partial charge in [0.25, 0.3) is 0 Å². The van der Waals surface area contributed by atoms with Crippen LogP contribution in [0.1, 0.15) is 22.1 Å². The van der Waals surface area contributed by atoms with Crippen LogP contribution in [0, 0.1) is 0 Å². The lowest BCUT2D eigenvalue weighted by Crippen LogP contribution is -2.33. The first-order valence-electron chi connectivity index (χ1n) is 7.34. The van der Waals surface area contributed by atoms with Crippen molar-refractivity contribution in [1.82, 2.24) is 4.90 Å². The van der Waals surface area contributed by atoms with Crippen molar-refractivity contribution in [3.63, 3.8) is 0 Å². The third kappa shape index (κ3) is 3.22. The molecule has 3 rings (SSSR count). The van der Waals surface area contributed by atoms with Gasteiger partial charge in [0.1, 0.15) is 5.75 Å². The monoisotopic (exact) mass is 301 g/mol. The molecule has 0 aromatic heterocycles. The molecule has 0 N–H and O–H groups in total. The number of para-hydroxylation sites is 1. The van der Waals surface area contributed by atoms with Crippen molar-refractivity contribution in [2.24, 2.45) is 0 Å². The van der Waals surface area contributed by atoms with Gasteiger partial charge in [-0.2, -0.15) is 0 Å². The van der Waals surface area contributed by atoms with Gasteiger partial charge >= 0.3 is 0 Å². The lowest BCUT2D eigenvalue weighted by atomic mass is 9.99. The normalized spacial score (nSPS) is 16.3. The maximum absolute atomic E-state index is 6.63. The highest BCUT2D eigenvalue weighted by molar-refractivity contribution is 6.21. The highest BCUT2D eigenvalue weighted by Gasteiger charge is 2.20. The molecule has 3 heteroatoms. The molecule has 0 spiro atoms. The van der Waals surface area contributed by atoms with Gasteiger partial charge in [0.05, 0.1) is 12.5 Å². The molecule has 2 aromatic rings. The quantitative estimate of drug-likeness (QED) is 0.791. The zero-order chi connectivity index (χ0) is 14.7. The van der Waals surface area contributed by atoms with E-state index >= 15 is 0 Å². The Morgan fingerprint density at radius 1 is 1.10 bits per heavy atom. The molecule has 0 saturated heterocycles. The lowest BCUT2D eigenvalue weighted by molar-refractivity contribution is 0.253. The Kier molecular flexibility index (Phi) is 4.47. The van der Waals surface area contributed by atoms with Crippen molar-refractivity contribution in [2.45, 2.75) is 18.3 Å². The second-order valence-electron chi connectivity index (χ2n) is 5.46. The summed E-state index contributed by atoms with van der Waals surface area (Å²) in [5.74, 6) is 0.870. The van der Waals surface area contributed by atoms with Crippen LogP contribution >= 0.6 is 11.6 Å². The van der Waals surface area contributed by atoms with Crippen LogP contribution in [0.5, 0.6) is 5.75 Å². The number of fused-ring (bicyclic) bond motifs is 1. The number of alkyl halides is 1. The average molecular weight is 302 g/mol. The second kappa shape index (κ2) is 6.50. The van der Waals surface area contributed by atoms with Gasteiger partial charge in [-0.1, -0.05) is 42.5 Å². The molecule has 0 fully saturated rings. The van der Waals surface area contributed by atoms with Gasteiger partial charge in [-0.25, -0.2) is 0 Å². The van der Waals surface area contributed by atoms with Crippen molar-refractivity contribution in [1.29, 1.82) is 0 Å². The van der Waals surface area contributed by atoms with E-state index in [0.717, 1.165) is 37.4 Å². The summed E-state index contributed by atoms with van der Waals surface area (Å²) >= 11 is 6.63. The Morgan fingerprint density at radius 2 is 1.81 bits per heavy atom. The van der Waals surface area contributed by atoms with Crippen LogP contribution in [0.3, 0.4) is 0 Å². The summed E-state index contributed by atoms with van der Waals surface area (Å²) in [6.07, 6.45) is 1.10. The summed E-state index contributed by atoms with van der Waals surface area (Å²) in [5, 5.41) is -0.0496. The summed E-state index contributed by atoms with van der Waals surface area (Å²) in [7, 11) is 1.69. The van der Waals surface area contributed by atoms with E-state index in [1.54, 1.807) is 7.11 Å². The largest absolute Gasteiger partial charge is 0.496 e. The number of hydrogen-bond acceptors (Lipinski definition) is 2. The van der Waals surface area contributed by atoms with Crippen molar-refractivity contribution in [3.8, 4) is 5.75 Å². The SMILES string of the molecule is COc1ccccc1C(Cl)CN1CCc2ccccc2C1. The summed E-state index contributed by atoms with van der Waals surface area (Å²) in [5.41, 5.74) is 3.96. The summed E-state index contributed by atoms with van der Waals surface area (Å²) < 4.78 is 5.41. The van der Waals surface area contributed by atoms with E-state index in [2.05, 4.69) is 29.2 Å². The van der Waals surface area contributed by atoms with Crippen LogP contribution in [0.15, 0.2) is 48.5 Å². The van der Waals surface area contributed by atoms with Crippen LogP contribution in [-0.4, -0.2) is 25.1 Å². The number of methoxy groups -OCH3 is 1. The summed E-state index contributed by atoms with van der Waals surface area (Å²) in [6.45, 7) is 2.89. The van der Waals surface area contributed by atoms with Crippen LogP contribution < -0.4 is 4.74 Å². The predicted molar refractivity (Wildman–Crippen MR) is 87.0 cm³/mol. The molecule has 0 bridgehead atoms. The molecular weight excluding hydrogens is 282 g/mol. The van der Waals surface area contributed by atoms with Crippen molar-refractivity contribution < 1.29 is 4.74 Å². The molecule has 0 radical (unpaired) electrons. The number of halogens is 1. The molecule has 0 aliphatic carbocycles. The standard InChI is InChI=1S/C18H20ClNO/c1-21-18-9-5-4-8-16(18)17(19)13-20-11-10-14-6-2-3-7-15(14)12-20/h2-9,17H,10-13H2,1H3. The smallest absolute Gasteiger partial charge is 0.123 e. The Morgan fingerprint density at radius 3 is 2.62 bits per heavy atom. The molecule has 0 saturated carbocycles. The molecule has 1 atom stereocenters. The number of rotatable bonds is 4. The Balaban J connectivity index is 1.70. The fourth-order valence-electron chi connectivity index (χ4n) is 2.96. The number of hydrogen-bond donors (Lipinski definition) is 0. The molecule has 1 heterocycles. The van der Waals surface area contributed by atoms with E-state index < -0.39 is 0 Å². The van der Waals surface area contributed by atoms with Crippen LogP contribution in [0.4, 0.5) is 0 Å². The zero-order valence-electron chi connectivity index (χ0n) is 12.3. The molecule has 1 aliphatic heterocycles. The van der Waals surface area contributed by atoms with Gasteiger partial charge in [0, 0.05) is 25.2 Å². The molecule has 1 unspecified atom stereocenters. The van der Waals surface area contributed by atoms with E-state index in [-0.39, 0.29) is 5.38 Å². The Labute approximate surface area is 131 Å². The fraction of sp³-hybridized carbons (Fsp3) is 0.333. The lowest BCUT2D eigenvalue weighted by Gasteiger charge is -2.30. The minimum Gasteiger partial charge on any atom is -0.496 e. The third-order valence-corrected chi connectivity index (χ3v) is 4.48. The molecule has 2 aromatic carbocycles. The van der Waals surface area contributed by atoms with Crippen LogP contribution in [0.25, 0.3) is 0 Å². The zero-order valence-corrected chi connectivity index (χ0v) is 13.0. The minimum atomic E-state index is -0.0496. The Bertz CT molecular complexity index is 614. The molecular formula is C18H20ClNO. The van der Waals surface area contributed by atoms with E-state index in [0.29, 0.717) is 0 Å². The highest BCUT2D eigenvalue weighted by atomic mass is 35.5. The predicted octanol–water partition coefficient (Wildman–Crippen LogP) is 4.03. The van der Waals surface area contributed by atoms with Gasteiger partial charge in [-0.15, -0.1) is 11.6 Å². The number of benzene rings is 2. The molecule has 21 heavy (non-hydrogen) atoms. The number of nitrogens with zero attached hydrogens (tertiary/aromatic N) is 1. The molecule has 0 amide bonds. The van der Waals surface area contributed by atoms with Gasteiger partial charge in [0.15, 0.2) is 0 Å². The maximum Gasteiger partial charge on any atom is 0.123 e. The Hall–Kier alpha value is -1.51. The van der Waals surface area contributed by atoms with E-state index in [1.807, 2.05) is 24.3 Å². The molecule has 110 valence electrons. The van der Waals surface area contributed by atoms with Crippen LogP contribution in [0.2, 0.25) is 0 Å². The van der Waals surface area contributed by atoms with E-state index in [1.165, 1.54) is 11.1 Å². The first-order valence-corrected chi connectivity index (χ1v) is 7.77. The minimum absolute atomic E-state index is 0.0496. The summed E-state index contributed by atoms with van der Waals surface area (Å²) in [4.78, 5) is 2.42. The maximum atomic E-state index is 6.63. The fourth-order valence-corrected chi connectivity index (χ4v) is 3.34. The molecule has 1 aliphatic rings. The highest BCUT2D eigenvalue weighted by Crippen LogP contribution is 2.31. The van der Waals surface area contributed by atoms with Gasteiger partial charge in [-0.05, 0) is 23.6 Å². The van der Waals surface area contributed by atoms with Crippen molar-refractivity contribution >= 4 is 11.6 Å². The first-order chi connectivity index (χ1) is 10.3.